The van der Waals surface area contributed by atoms with Crippen molar-refractivity contribution >= 4 is 27.8 Å². The zero-order valence-electron chi connectivity index (χ0n) is 10.1. The summed E-state index contributed by atoms with van der Waals surface area (Å²) in [5.41, 5.74) is -0.0401. The van der Waals surface area contributed by atoms with Crippen LogP contribution in [0.15, 0.2) is 18.2 Å². The van der Waals surface area contributed by atoms with Gasteiger partial charge in [0, 0.05) is 12.1 Å². The summed E-state index contributed by atoms with van der Waals surface area (Å²) in [6, 6.07) is 3.62. The summed E-state index contributed by atoms with van der Waals surface area (Å²) in [5.74, 6) is -3.09. The van der Waals surface area contributed by atoms with Crippen molar-refractivity contribution in [3.8, 4) is 0 Å². The number of alkyl halides is 1. The van der Waals surface area contributed by atoms with E-state index in [4.69, 9.17) is 0 Å². The molecule has 7 heteroatoms. The molecule has 104 valence electrons. The quantitative estimate of drug-likeness (QED) is 0.656. The molecule has 0 radical (unpaired) electrons. The van der Waals surface area contributed by atoms with Crippen molar-refractivity contribution in [1.82, 2.24) is 5.32 Å². The molecule has 0 aliphatic rings. The Bertz CT molecular complexity index is 482. The molecule has 4 nitrogen and oxygen atoms in total. The van der Waals surface area contributed by atoms with Crippen LogP contribution in [0.1, 0.15) is 5.56 Å². The van der Waals surface area contributed by atoms with Crippen molar-refractivity contribution in [2.24, 2.45) is 0 Å². The van der Waals surface area contributed by atoms with Gasteiger partial charge in [0.2, 0.25) is 5.91 Å². The summed E-state index contributed by atoms with van der Waals surface area (Å²) >= 11 is 3.02. The molecular weight excluding hydrogens is 324 g/mol. The van der Waals surface area contributed by atoms with E-state index in [1.54, 1.807) is 0 Å². The Kier molecular flexibility index (Phi) is 5.88. The molecule has 1 aromatic rings. The van der Waals surface area contributed by atoms with Crippen LogP contribution < -0.4 is 5.32 Å². The van der Waals surface area contributed by atoms with Gasteiger partial charge in [0.05, 0.1) is 13.5 Å². The monoisotopic (exact) mass is 335 g/mol. The molecular formula is C12H12BrF2NO3. The fourth-order valence-electron chi connectivity index (χ4n) is 1.34. The van der Waals surface area contributed by atoms with Crippen LogP contribution in [0.4, 0.5) is 8.78 Å². The fourth-order valence-corrected chi connectivity index (χ4v) is 1.68. The lowest BCUT2D eigenvalue weighted by Gasteiger charge is -2.09. The highest BCUT2D eigenvalue weighted by Gasteiger charge is 2.17. The summed E-state index contributed by atoms with van der Waals surface area (Å²) in [5, 5.41) is 2.42. The van der Waals surface area contributed by atoms with Crippen molar-refractivity contribution in [3.05, 3.63) is 35.4 Å². The van der Waals surface area contributed by atoms with E-state index in [0.29, 0.717) is 0 Å². The van der Waals surface area contributed by atoms with Gasteiger partial charge in [0.25, 0.3) is 0 Å². The molecule has 0 saturated carbocycles. The Labute approximate surface area is 117 Å². The molecule has 1 aromatic carbocycles. The van der Waals surface area contributed by atoms with Crippen LogP contribution in [0, 0.1) is 11.6 Å². The largest absolute Gasteiger partial charge is 0.468 e. The Morgan fingerprint density at radius 2 is 2.11 bits per heavy atom. The summed E-state index contributed by atoms with van der Waals surface area (Å²) in [4.78, 5) is 21.9. The van der Waals surface area contributed by atoms with E-state index >= 15 is 0 Å². The number of amides is 1. The standard InChI is InChI=1S/C12H12BrF2NO3/c1-19-12(18)8(13)6-16-10(17)5-7-3-2-4-9(14)11(7)15/h2-4,8H,5-6H2,1H3,(H,16,17). The van der Waals surface area contributed by atoms with E-state index in [2.05, 4.69) is 26.0 Å². The van der Waals surface area contributed by atoms with Crippen LogP contribution in [0.25, 0.3) is 0 Å². The lowest BCUT2D eigenvalue weighted by atomic mass is 10.1. The number of rotatable bonds is 5. The van der Waals surface area contributed by atoms with Crippen molar-refractivity contribution in [2.45, 2.75) is 11.2 Å². The van der Waals surface area contributed by atoms with Crippen molar-refractivity contribution in [2.75, 3.05) is 13.7 Å². The lowest BCUT2D eigenvalue weighted by Crippen LogP contribution is -2.34. The van der Waals surface area contributed by atoms with Crippen molar-refractivity contribution in [3.63, 3.8) is 0 Å². The number of ether oxygens (including phenoxy) is 1. The molecule has 1 N–H and O–H groups in total. The Balaban J connectivity index is 2.52. The first-order valence-electron chi connectivity index (χ1n) is 5.37. The number of carbonyl (C=O) groups excluding carboxylic acids is 2. The van der Waals surface area contributed by atoms with Crippen LogP contribution in [0.2, 0.25) is 0 Å². The van der Waals surface area contributed by atoms with Gasteiger partial charge in [-0.25, -0.2) is 8.78 Å². The maximum Gasteiger partial charge on any atom is 0.321 e. The van der Waals surface area contributed by atoms with E-state index in [0.717, 1.165) is 6.07 Å². The molecule has 0 aromatic heterocycles. The van der Waals surface area contributed by atoms with Gasteiger partial charge in [0.1, 0.15) is 4.83 Å². The molecule has 1 atom stereocenters. The third kappa shape index (κ3) is 4.59. The smallest absolute Gasteiger partial charge is 0.321 e. The van der Waals surface area contributed by atoms with Crippen LogP contribution in [-0.2, 0) is 20.7 Å². The number of hydrogen-bond acceptors (Lipinski definition) is 3. The van der Waals surface area contributed by atoms with E-state index in [1.807, 2.05) is 0 Å². The van der Waals surface area contributed by atoms with Gasteiger partial charge < -0.3 is 10.1 Å². The highest BCUT2D eigenvalue weighted by atomic mass is 79.9. The first kappa shape index (κ1) is 15.6. The lowest BCUT2D eigenvalue weighted by molar-refractivity contribution is -0.139. The second-order valence-electron chi connectivity index (χ2n) is 3.68. The van der Waals surface area contributed by atoms with Gasteiger partial charge in [-0.2, -0.15) is 0 Å². The predicted molar refractivity (Wildman–Crippen MR) is 67.8 cm³/mol. The second kappa shape index (κ2) is 7.18. The highest BCUT2D eigenvalue weighted by Crippen LogP contribution is 2.11. The molecule has 1 unspecified atom stereocenters. The van der Waals surface area contributed by atoms with Crippen LogP contribution in [0.3, 0.4) is 0 Å². The average Bonchev–Trinajstić information content (AvgIpc) is 2.40. The zero-order chi connectivity index (χ0) is 14.4. The van der Waals surface area contributed by atoms with Gasteiger partial charge in [-0.05, 0) is 6.07 Å². The SMILES string of the molecule is COC(=O)C(Br)CNC(=O)Cc1cccc(F)c1F. The molecule has 1 rings (SSSR count). The average molecular weight is 336 g/mol. The van der Waals surface area contributed by atoms with Crippen LogP contribution in [0.5, 0.6) is 0 Å². The van der Waals surface area contributed by atoms with Gasteiger partial charge in [0.15, 0.2) is 11.6 Å². The van der Waals surface area contributed by atoms with Crippen LogP contribution >= 0.6 is 15.9 Å². The minimum atomic E-state index is -1.04. The van der Waals surface area contributed by atoms with E-state index < -0.39 is 28.3 Å². The molecule has 0 heterocycles. The second-order valence-corrected chi connectivity index (χ2v) is 4.79. The third-order valence-electron chi connectivity index (χ3n) is 2.32. The first-order chi connectivity index (χ1) is 8.95. The van der Waals surface area contributed by atoms with Gasteiger partial charge >= 0.3 is 5.97 Å². The van der Waals surface area contributed by atoms with Gasteiger partial charge in [-0.15, -0.1) is 0 Å². The molecule has 19 heavy (non-hydrogen) atoms. The molecule has 0 bridgehead atoms. The molecule has 0 aliphatic heterocycles. The minimum Gasteiger partial charge on any atom is -0.468 e. The number of nitrogens with one attached hydrogen (secondary N) is 1. The number of carbonyl (C=O) groups is 2. The molecule has 0 fully saturated rings. The molecule has 0 aliphatic carbocycles. The van der Waals surface area contributed by atoms with Crippen LogP contribution in [-0.4, -0.2) is 30.4 Å². The van der Waals surface area contributed by atoms with E-state index in [9.17, 15) is 18.4 Å². The summed E-state index contributed by atoms with van der Waals surface area (Å²) in [6.07, 6.45) is -0.301. The number of methoxy groups -OCH3 is 1. The number of halogens is 3. The summed E-state index contributed by atoms with van der Waals surface area (Å²) in [7, 11) is 1.22. The third-order valence-corrected chi connectivity index (χ3v) is 3.02. The number of hydrogen-bond donors (Lipinski definition) is 1. The maximum atomic E-state index is 13.3. The van der Waals surface area contributed by atoms with Gasteiger partial charge in [-0.1, -0.05) is 28.1 Å². The summed E-state index contributed by atoms with van der Waals surface area (Å²) < 4.78 is 30.7. The number of benzene rings is 1. The zero-order valence-corrected chi connectivity index (χ0v) is 11.7. The van der Waals surface area contributed by atoms with E-state index in [1.165, 1.54) is 19.2 Å². The Morgan fingerprint density at radius 1 is 1.42 bits per heavy atom. The Morgan fingerprint density at radius 3 is 2.74 bits per heavy atom. The first-order valence-corrected chi connectivity index (χ1v) is 6.28. The molecule has 1 amide bonds. The van der Waals surface area contributed by atoms with Crippen molar-refractivity contribution < 1.29 is 23.1 Å². The van der Waals surface area contributed by atoms with Gasteiger partial charge in [-0.3, -0.25) is 9.59 Å². The number of esters is 1. The predicted octanol–water partition coefficient (Wildman–Crippen LogP) is 1.56. The van der Waals surface area contributed by atoms with E-state index in [-0.39, 0.29) is 18.5 Å². The fraction of sp³-hybridized carbons (Fsp3) is 0.333. The van der Waals surface area contributed by atoms with Crippen molar-refractivity contribution in [1.29, 1.82) is 0 Å². The highest BCUT2D eigenvalue weighted by molar-refractivity contribution is 9.10. The normalized spacial score (nSPS) is 11.8. The topological polar surface area (TPSA) is 55.4 Å². The molecule has 0 spiro atoms. The molecule has 0 saturated heterocycles. The maximum absolute atomic E-state index is 13.3. The minimum absolute atomic E-state index is 0.00242. The summed E-state index contributed by atoms with van der Waals surface area (Å²) in [6.45, 7) is 0.00242. The Hall–Kier alpha value is -1.50.